The second kappa shape index (κ2) is 8.98. The van der Waals surface area contributed by atoms with Crippen LogP contribution in [0.2, 0.25) is 0 Å². The van der Waals surface area contributed by atoms with Crippen molar-refractivity contribution >= 4 is 17.9 Å². The summed E-state index contributed by atoms with van der Waals surface area (Å²) in [6, 6.07) is 13.3. The summed E-state index contributed by atoms with van der Waals surface area (Å²) >= 11 is 0. The Hall–Kier alpha value is -3.15. The third-order valence-electron chi connectivity index (χ3n) is 4.45. The van der Waals surface area contributed by atoms with Crippen LogP contribution in [0.4, 0.5) is 0 Å². The van der Waals surface area contributed by atoms with E-state index in [1.165, 1.54) is 0 Å². The average molecular weight is 365 g/mol. The molecule has 1 aliphatic rings. The van der Waals surface area contributed by atoms with Crippen molar-refractivity contribution in [1.29, 1.82) is 0 Å². The fraction of sp³-hybridized carbons (Fsp3) is 0.286. The van der Waals surface area contributed by atoms with Crippen LogP contribution >= 0.6 is 0 Å². The van der Waals surface area contributed by atoms with Crippen LogP contribution < -0.4 is 4.74 Å². The van der Waals surface area contributed by atoms with E-state index in [0.717, 1.165) is 17.0 Å². The minimum Gasteiger partial charge on any atom is -0.487 e. The average Bonchev–Trinajstić information content (AvgIpc) is 2.72. The molecule has 1 saturated heterocycles. The first kappa shape index (κ1) is 18.6. The highest BCUT2D eigenvalue weighted by Gasteiger charge is 2.20. The monoisotopic (exact) mass is 365 g/mol. The van der Waals surface area contributed by atoms with Crippen LogP contribution in [0.5, 0.6) is 5.75 Å². The fourth-order valence-electron chi connectivity index (χ4n) is 2.83. The largest absolute Gasteiger partial charge is 0.487 e. The van der Waals surface area contributed by atoms with Gasteiger partial charge in [-0.05, 0) is 35.9 Å². The summed E-state index contributed by atoms with van der Waals surface area (Å²) in [5.74, 6) is 0.779. The number of amides is 2. The van der Waals surface area contributed by atoms with Crippen molar-refractivity contribution in [3.63, 3.8) is 0 Å². The Morgan fingerprint density at radius 2 is 1.74 bits per heavy atom. The molecule has 0 radical (unpaired) electrons. The molecule has 1 fully saturated rings. The summed E-state index contributed by atoms with van der Waals surface area (Å²) in [5, 5.41) is 0. The van der Waals surface area contributed by atoms with Gasteiger partial charge in [-0.25, -0.2) is 0 Å². The van der Waals surface area contributed by atoms with E-state index in [-0.39, 0.29) is 11.8 Å². The van der Waals surface area contributed by atoms with Gasteiger partial charge in [0.25, 0.3) is 0 Å². The van der Waals surface area contributed by atoms with E-state index >= 15 is 0 Å². The molecule has 140 valence electrons. The van der Waals surface area contributed by atoms with Gasteiger partial charge in [-0.3, -0.25) is 14.6 Å². The molecular weight excluding hydrogens is 342 g/mol. The van der Waals surface area contributed by atoms with E-state index < -0.39 is 0 Å². The quantitative estimate of drug-likeness (QED) is 0.763. The highest BCUT2D eigenvalue weighted by molar-refractivity contribution is 5.92. The van der Waals surface area contributed by atoms with Gasteiger partial charge in [0, 0.05) is 45.4 Å². The van der Waals surface area contributed by atoms with E-state index in [2.05, 4.69) is 4.98 Å². The lowest BCUT2D eigenvalue weighted by Gasteiger charge is -2.33. The van der Waals surface area contributed by atoms with Gasteiger partial charge in [0.2, 0.25) is 11.8 Å². The Morgan fingerprint density at radius 3 is 2.37 bits per heavy atom. The van der Waals surface area contributed by atoms with Gasteiger partial charge in [0.15, 0.2) is 0 Å². The Kier molecular flexibility index (Phi) is 6.20. The Bertz CT molecular complexity index is 795. The lowest BCUT2D eigenvalue weighted by molar-refractivity contribution is -0.135. The molecule has 0 unspecified atom stereocenters. The predicted octanol–water partition coefficient (Wildman–Crippen LogP) is 2.36. The maximum Gasteiger partial charge on any atom is 0.246 e. The van der Waals surface area contributed by atoms with Crippen molar-refractivity contribution in [3.05, 3.63) is 66.0 Å². The number of nitrogens with zero attached hydrogens (tertiary/aromatic N) is 3. The molecule has 0 aliphatic carbocycles. The number of hydrogen-bond acceptors (Lipinski definition) is 4. The molecule has 3 rings (SSSR count). The zero-order chi connectivity index (χ0) is 19.1. The third-order valence-corrected chi connectivity index (χ3v) is 4.45. The van der Waals surface area contributed by atoms with Gasteiger partial charge < -0.3 is 14.5 Å². The SMILES string of the molecule is CC(=O)N1CCN(C(=O)/C=C/c2ccc(OCc3ccccn3)cc2)CC1. The zero-order valence-electron chi connectivity index (χ0n) is 15.4. The normalized spacial score (nSPS) is 14.4. The lowest BCUT2D eigenvalue weighted by Crippen LogP contribution is -2.49. The molecule has 2 aromatic rings. The summed E-state index contributed by atoms with van der Waals surface area (Å²) in [6.45, 7) is 4.31. The Balaban J connectivity index is 1.49. The molecule has 1 aliphatic heterocycles. The van der Waals surface area contributed by atoms with Crippen LogP contribution in [-0.4, -0.2) is 52.8 Å². The number of carbonyl (C=O) groups is 2. The molecule has 0 spiro atoms. The first-order valence-electron chi connectivity index (χ1n) is 8.97. The molecule has 27 heavy (non-hydrogen) atoms. The number of benzene rings is 1. The summed E-state index contributed by atoms with van der Waals surface area (Å²) in [6.07, 6.45) is 5.11. The molecule has 1 aromatic carbocycles. The van der Waals surface area contributed by atoms with Crippen molar-refractivity contribution in [2.45, 2.75) is 13.5 Å². The highest BCUT2D eigenvalue weighted by atomic mass is 16.5. The smallest absolute Gasteiger partial charge is 0.246 e. The van der Waals surface area contributed by atoms with Crippen LogP contribution in [-0.2, 0) is 16.2 Å². The van der Waals surface area contributed by atoms with Gasteiger partial charge in [-0.2, -0.15) is 0 Å². The summed E-state index contributed by atoms with van der Waals surface area (Å²) in [7, 11) is 0. The molecule has 2 heterocycles. The molecule has 0 saturated carbocycles. The highest BCUT2D eigenvalue weighted by Crippen LogP contribution is 2.15. The molecule has 6 heteroatoms. The first-order valence-corrected chi connectivity index (χ1v) is 8.97. The van der Waals surface area contributed by atoms with Crippen molar-refractivity contribution < 1.29 is 14.3 Å². The Labute approximate surface area is 159 Å². The van der Waals surface area contributed by atoms with Crippen molar-refractivity contribution in [1.82, 2.24) is 14.8 Å². The second-order valence-electron chi connectivity index (χ2n) is 6.34. The van der Waals surface area contributed by atoms with E-state index in [9.17, 15) is 9.59 Å². The van der Waals surface area contributed by atoms with Gasteiger partial charge in [0.05, 0.1) is 5.69 Å². The van der Waals surface area contributed by atoms with E-state index in [1.54, 1.807) is 35.1 Å². The van der Waals surface area contributed by atoms with Gasteiger partial charge in [-0.1, -0.05) is 18.2 Å². The predicted molar refractivity (Wildman–Crippen MR) is 103 cm³/mol. The van der Waals surface area contributed by atoms with E-state index in [1.807, 2.05) is 42.5 Å². The van der Waals surface area contributed by atoms with Crippen LogP contribution in [0.25, 0.3) is 6.08 Å². The van der Waals surface area contributed by atoms with Crippen molar-refractivity contribution in [3.8, 4) is 5.75 Å². The van der Waals surface area contributed by atoms with Crippen LogP contribution in [0.3, 0.4) is 0 Å². The van der Waals surface area contributed by atoms with Gasteiger partial charge >= 0.3 is 0 Å². The Morgan fingerprint density at radius 1 is 1.04 bits per heavy atom. The molecule has 0 N–H and O–H groups in total. The zero-order valence-corrected chi connectivity index (χ0v) is 15.4. The van der Waals surface area contributed by atoms with Crippen molar-refractivity contribution in [2.24, 2.45) is 0 Å². The topological polar surface area (TPSA) is 62.7 Å². The molecule has 0 bridgehead atoms. The number of pyridine rings is 1. The number of rotatable bonds is 5. The summed E-state index contributed by atoms with van der Waals surface area (Å²) in [5.41, 5.74) is 1.80. The maximum atomic E-state index is 12.3. The summed E-state index contributed by atoms with van der Waals surface area (Å²) in [4.78, 5) is 31.4. The first-order chi connectivity index (χ1) is 13.1. The van der Waals surface area contributed by atoms with Crippen molar-refractivity contribution in [2.75, 3.05) is 26.2 Å². The lowest BCUT2D eigenvalue weighted by atomic mass is 10.2. The molecule has 1 aromatic heterocycles. The standard InChI is InChI=1S/C21H23N3O3/c1-17(25)23-12-14-24(15-13-23)21(26)10-7-18-5-8-20(9-6-18)27-16-19-4-2-3-11-22-19/h2-11H,12-16H2,1H3/b10-7+. The second-order valence-corrected chi connectivity index (χ2v) is 6.34. The van der Waals surface area contributed by atoms with E-state index in [0.29, 0.717) is 32.8 Å². The number of hydrogen-bond donors (Lipinski definition) is 0. The third kappa shape index (κ3) is 5.41. The number of aromatic nitrogens is 1. The minimum atomic E-state index is -0.0336. The van der Waals surface area contributed by atoms with Gasteiger partial charge in [0.1, 0.15) is 12.4 Å². The minimum absolute atomic E-state index is 0.0336. The fourth-order valence-corrected chi connectivity index (χ4v) is 2.83. The number of piperazine rings is 1. The molecule has 0 atom stereocenters. The molecule has 2 amide bonds. The maximum absolute atomic E-state index is 12.3. The number of ether oxygens (including phenoxy) is 1. The van der Waals surface area contributed by atoms with Crippen LogP contribution in [0.1, 0.15) is 18.2 Å². The summed E-state index contributed by atoms with van der Waals surface area (Å²) < 4.78 is 5.70. The molecular formula is C21H23N3O3. The van der Waals surface area contributed by atoms with Gasteiger partial charge in [-0.15, -0.1) is 0 Å². The van der Waals surface area contributed by atoms with Crippen LogP contribution in [0, 0.1) is 0 Å². The number of carbonyl (C=O) groups excluding carboxylic acids is 2. The van der Waals surface area contributed by atoms with Crippen LogP contribution in [0.15, 0.2) is 54.7 Å². The molecule has 6 nitrogen and oxygen atoms in total. The van der Waals surface area contributed by atoms with E-state index in [4.69, 9.17) is 4.74 Å².